The predicted octanol–water partition coefficient (Wildman–Crippen LogP) is 3.78. The van der Waals surface area contributed by atoms with Gasteiger partial charge in [0.1, 0.15) is 17.8 Å². The lowest BCUT2D eigenvalue weighted by molar-refractivity contribution is 0.0949. The van der Waals surface area contributed by atoms with Crippen LogP contribution in [0.5, 0.6) is 0 Å². The van der Waals surface area contributed by atoms with Crippen molar-refractivity contribution in [3.63, 3.8) is 0 Å². The Kier molecular flexibility index (Phi) is 7.01. The van der Waals surface area contributed by atoms with Crippen molar-refractivity contribution in [2.45, 2.75) is 65.2 Å². The van der Waals surface area contributed by atoms with Crippen LogP contribution in [-0.4, -0.2) is 40.2 Å². The summed E-state index contributed by atoms with van der Waals surface area (Å²) in [5.74, 6) is 2.53. The minimum Gasteiger partial charge on any atom is -0.378 e. The standard InChI is InChI=1S/C26H31N9O/c1-3-12-34-24(32-33-25(34)22-10-11-27-17-31-22)16-28-20-8-5-7-19(13-20)26(36)30-15-21-14-29-23-9-4-6-18(2)35(21)23/h5,7-8,10-11,13-14,17-18,28H,3-4,6,9,12,15-16H2,1-2H3,(H,30,36). The van der Waals surface area contributed by atoms with Crippen LogP contribution in [0.1, 0.15) is 66.9 Å². The van der Waals surface area contributed by atoms with Gasteiger partial charge in [0.05, 0.1) is 25.0 Å². The first-order valence-corrected chi connectivity index (χ1v) is 12.5. The predicted molar refractivity (Wildman–Crippen MR) is 136 cm³/mol. The molecule has 3 aromatic heterocycles. The first-order chi connectivity index (χ1) is 17.6. The van der Waals surface area contributed by atoms with Crippen molar-refractivity contribution in [3.05, 3.63) is 72.0 Å². The number of nitrogens with one attached hydrogen (secondary N) is 2. The number of fused-ring (bicyclic) bond motifs is 1. The van der Waals surface area contributed by atoms with E-state index < -0.39 is 0 Å². The van der Waals surface area contributed by atoms with Crippen LogP contribution in [0.15, 0.2) is 49.1 Å². The van der Waals surface area contributed by atoms with Gasteiger partial charge in [0, 0.05) is 36.5 Å². The summed E-state index contributed by atoms with van der Waals surface area (Å²) < 4.78 is 4.34. The van der Waals surface area contributed by atoms with E-state index in [2.05, 4.69) is 58.8 Å². The second kappa shape index (κ2) is 10.7. The smallest absolute Gasteiger partial charge is 0.251 e. The Morgan fingerprint density at radius 1 is 1.17 bits per heavy atom. The average Bonchev–Trinajstić information content (AvgIpc) is 3.52. The number of carbonyl (C=O) groups is 1. The van der Waals surface area contributed by atoms with Gasteiger partial charge < -0.3 is 19.8 Å². The van der Waals surface area contributed by atoms with Crippen LogP contribution < -0.4 is 10.6 Å². The van der Waals surface area contributed by atoms with Gasteiger partial charge >= 0.3 is 0 Å². The van der Waals surface area contributed by atoms with Crippen molar-refractivity contribution >= 4 is 11.6 Å². The minimum absolute atomic E-state index is 0.113. The molecular weight excluding hydrogens is 454 g/mol. The number of imidazole rings is 1. The quantitative estimate of drug-likeness (QED) is 0.371. The Labute approximate surface area is 210 Å². The number of hydrogen-bond acceptors (Lipinski definition) is 7. The van der Waals surface area contributed by atoms with Crippen molar-refractivity contribution in [1.82, 2.24) is 39.6 Å². The van der Waals surface area contributed by atoms with Crippen molar-refractivity contribution in [3.8, 4) is 11.5 Å². The molecule has 1 amide bonds. The molecule has 10 heteroatoms. The summed E-state index contributed by atoms with van der Waals surface area (Å²) in [6, 6.07) is 9.74. The Hall–Kier alpha value is -4.08. The molecule has 1 unspecified atom stereocenters. The van der Waals surface area contributed by atoms with Gasteiger partial charge in [-0.1, -0.05) is 13.0 Å². The molecule has 1 aromatic carbocycles. The number of rotatable bonds is 9. The molecule has 0 saturated heterocycles. The monoisotopic (exact) mass is 485 g/mol. The Balaban J connectivity index is 1.24. The van der Waals surface area contributed by atoms with Gasteiger partial charge in [0.25, 0.3) is 5.91 Å². The average molecular weight is 486 g/mol. The lowest BCUT2D eigenvalue weighted by Crippen LogP contribution is -2.26. The number of anilines is 1. The van der Waals surface area contributed by atoms with Crippen LogP contribution in [0.3, 0.4) is 0 Å². The van der Waals surface area contributed by atoms with Gasteiger partial charge in [0.2, 0.25) is 0 Å². The summed E-state index contributed by atoms with van der Waals surface area (Å²) in [4.78, 5) is 25.8. The lowest BCUT2D eigenvalue weighted by atomic mass is 10.1. The lowest BCUT2D eigenvalue weighted by Gasteiger charge is -2.24. The van der Waals surface area contributed by atoms with Crippen LogP contribution >= 0.6 is 0 Å². The van der Waals surface area contributed by atoms with Gasteiger partial charge in [-0.2, -0.15) is 0 Å². The van der Waals surface area contributed by atoms with Crippen molar-refractivity contribution in [1.29, 1.82) is 0 Å². The molecule has 0 saturated carbocycles. The summed E-state index contributed by atoms with van der Waals surface area (Å²) >= 11 is 0. The zero-order valence-corrected chi connectivity index (χ0v) is 20.7. The number of aryl methyl sites for hydroxylation is 1. The number of benzene rings is 1. The number of amides is 1. The molecule has 1 aliphatic rings. The third-order valence-corrected chi connectivity index (χ3v) is 6.50. The molecule has 186 valence electrons. The Bertz CT molecular complexity index is 1330. The van der Waals surface area contributed by atoms with Gasteiger partial charge in [-0.15, -0.1) is 10.2 Å². The number of nitrogens with zero attached hydrogens (tertiary/aromatic N) is 7. The van der Waals surface area contributed by atoms with Crippen LogP contribution in [0.4, 0.5) is 5.69 Å². The van der Waals surface area contributed by atoms with E-state index in [0.29, 0.717) is 24.7 Å². The summed E-state index contributed by atoms with van der Waals surface area (Å²) in [5, 5.41) is 15.2. The third-order valence-electron chi connectivity index (χ3n) is 6.50. The molecule has 4 heterocycles. The molecular formula is C26H31N9O. The van der Waals surface area contributed by atoms with Crippen LogP contribution in [-0.2, 0) is 26.1 Å². The maximum atomic E-state index is 12.9. The Morgan fingerprint density at radius 3 is 2.92 bits per heavy atom. The molecule has 1 aliphatic heterocycles. The maximum Gasteiger partial charge on any atom is 0.251 e. The van der Waals surface area contributed by atoms with Crippen LogP contribution in [0.25, 0.3) is 11.5 Å². The minimum atomic E-state index is -0.113. The van der Waals surface area contributed by atoms with Gasteiger partial charge in [-0.25, -0.2) is 15.0 Å². The second-order valence-electron chi connectivity index (χ2n) is 9.08. The van der Waals surface area contributed by atoms with Gasteiger partial charge in [0.15, 0.2) is 11.6 Å². The van der Waals surface area contributed by atoms with E-state index in [0.717, 1.165) is 60.4 Å². The highest BCUT2D eigenvalue weighted by Gasteiger charge is 2.20. The molecule has 0 radical (unpaired) electrons. The number of aromatic nitrogens is 7. The van der Waals surface area contributed by atoms with E-state index in [-0.39, 0.29) is 5.91 Å². The molecule has 36 heavy (non-hydrogen) atoms. The fraction of sp³-hybridized carbons (Fsp3) is 0.385. The SMILES string of the molecule is CCCn1c(CNc2cccc(C(=O)NCc3cnc4n3C(C)CCC4)c2)nnc1-c1ccncn1. The van der Waals surface area contributed by atoms with E-state index in [1.807, 2.05) is 36.5 Å². The first kappa shape index (κ1) is 23.7. The van der Waals surface area contributed by atoms with Gasteiger partial charge in [-0.3, -0.25) is 4.79 Å². The van der Waals surface area contributed by atoms with E-state index in [9.17, 15) is 4.79 Å². The van der Waals surface area contributed by atoms with Crippen molar-refractivity contribution < 1.29 is 4.79 Å². The largest absolute Gasteiger partial charge is 0.378 e. The fourth-order valence-electron chi connectivity index (χ4n) is 4.74. The van der Waals surface area contributed by atoms with E-state index in [4.69, 9.17) is 0 Å². The highest BCUT2D eigenvalue weighted by Crippen LogP contribution is 2.25. The summed E-state index contributed by atoms with van der Waals surface area (Å²) in [6.45, 7) is 6.04. The van der Waals surface area contributed by atoms with Crippen molar-refractivity contribution in [2.75, 3.05) is 5.32 Å². The zero-order chi connectivity index (χ0) is 24.9. The summed E-state index contributed by atoms with van der Waals surface area (Å²) in [6.07, 6.45) is 9.35. The van der Waals surface area contributed by atoms with E-state index in [1.165, 1.54) is 12.7 Å². The molecule has 10 nitrogen and oxygen atoms in total. The molecule has 4 aromatic rings. The molecule has 0 fully saturated rings. The topological polar surface area (TPSA) is 115 Å². The van der Waals surface area contributed by atoms with Crippen LogP contribution in [0.2, 0.25) is 0 Å². The zero-order valence-electron chi connectivity index (χ0n) is 20.7. The normalized spacial score (nSPS) is 14.9. The molecule has 2 N–H and O–H groups in total. The highest BCUT2D eigenvalue weighted by molar-refractivity contribution is 5.95. The van der Waals surface area contributed by atoms with Gasteiger partial charge in [-0.05, 0) is 50.5 Å². The molecule has 0 aliphatic carbocycles. The van der Waals surface area contributed by atoms with Crippen molar-refractivity contribution in [2.24, 2.45) is 0 Å². The summed E-state index contributed by atoms with van der Waals surface area (Å²) in [7, 11) is 0. The second-order valence-corrected chi connectivity index (χ2v) is 9.08. The highest BCUT2D eigenvalue weighted by atomic mass is 16.1. The molecule has 0 spiro atoms. The summed E-state index contributed by atoms with van der Waals surface area (Å²) in [5.41, 5.74) is 3.23. The molecule has 1 atom stereocenters. The third kappa shape index (κ3) is 4.98. The Morgan fingerprint density at radius 2 is 2.08 bits per heavy atom. The first-order valence-electron chi connectivity index (χ1n) is 12.5. The number of hydrogen-bond donors (Lipinski definition) is 2. The fourth-order valence-corrected chi connectivity index (χ4v) is 4.74. The van der Waals surface area contributed by atoms with E-state index >= 15 is 0 Å². The molecule has 5 rings (SSSR count). The molecule has 0 bridgehead atoms. The maximum absolute atomic E-state index is 12.9. The number of carbonyl (C=O) groups excluding carboxylic acids is 1. The van der Waals surface area contributed by atoms with E-state index in [1.54, 1.807) is 6.20 Å². The van der Waals surface area contributed by atoms with Crippen LogP contribution in [0, 0.1) is 0 Å².